The second-order valence-electron chi connectivity index (χ2n) is 5.25. The van der Waals surface area contributed by atoms with Crippen LogP contribution in [0.25, 0.3) is 0 Å². The molecule has 0 aliphatic heterocycles. The van der Waals surface area contributed by atoms with Gasteiger partial charge in [0.2, 0.25) is 0 Å². The van der Waals surface area contributed by atoms with Crippen LogP contribution in [0.15, 0.2) is 24.3 Å². The largest absolute Gasteiger partial charge is 0.394 e. The van der Waals surface area contributed by atoms with Gasteiger partial charge < -0.3 is 0 Å². The second kappa shape index (κ2) is 2.84. The molecule has 4 rings (SSSR count). The van der Waals surface area contributed by atoms with Gasteiger partial charge in [0.15, 0.2) is 0 Å². The van der Waals surface area contributed by atoms with Crippen LogP contribution in [0.5, 0.6) is 0 Å². The molecule has 0 unspecified atom stereocenters. The van der Waals surface area contributed by atoms with Crippen LogP contribution in [0.3, 0.4) is 0 Å². The van der Waals surface area contributed by atoms with E-state index in [9.17, 15) is 13.2 Å². The van der Waals surface area contributed by atoms with Gasteiger partial charge in [-0.25, -0.2) is 0 Å². The van der Waals surface area contributed by atoms with Crippen LogP contribution in [0, 0.1) is 16.7 Å². The highest BCUT2D eigenvalue weighted by Crippen LogP contribution is 2.78. The molecule has 0 spiro atoms. The summed E-state index contributed by atoms with van der Waals surface area (Å²) in [6, 6.07) is 9.06. The highest BCUT2D eigenvalue weighted by atomic mass is 19.4. The number of hydrogen-bond acceptors (Lipinski definition) is 1. The molecular formula is C13H10F3N. The van der Waals surface area contributed by atoms with Crippen molar-refractivity contribution in [1.82, 2.24) is 0 Å². The maximum atomic E-state index is 12.7. The third-order valence-electron chi connectivity index (χ3n) is 4.25. The summed E-state index contributed by atoms with van der Waals surface area (Å²) in [5.74, 6) is 0. The Morgan fingerprint density at radius 2 is 1.71 bits per heavy atom. The highest BCUT2D eigenvalue weighted by Gasteiger charge is 2.78. The first-order chi connectivity index (χ1) is 7.93. The Hall–Kier alpha value is -1.50. The number of nitriles is 1. The smallest absolute Gasteiger partial charge is 0.192 e. The minimum Gasteiger partial charge on any atom is -0.192 e. The zero-order valence-corrected chi connectivity index (χ0v) is 9.01. The highest BCUT2D eigenvalue weighted by molar-refractivity contribution is 5.49. The molecule has 2 bridgehead atoms. The van der Waals surface area contributed by atoms with Crippen LogP contribution < -0.4 is 0 Å². The third-order valence-corrected chi connectivity index (χ3v) is 4.25. The number of nitrogens with zero attached hydrogens (tertiary/aromatic N) is 1. The standard InChI is InChI=1S/C13H10F3N/c14-13(15,16)12-6-11(7-12,8-12)10-4-2-1-3-9(10)5-17/h1-4H,6-8H2. The van der Waals surface area contributed by atoms with Crippen LogP contribution in [0.2, 0.25) is 0 Å². The Bertz CT molecular complexity index is 504. The van der Waals surface area contributed by atoms with Gasteiger partial charge in [0.05, 0.1) is 17.0 Å². The molecule has 1 aromatic carbocycles. The van der Waals surface area contributed by atoms with Crippen molar-refractivity contribution in [1.29, 1.82) is 5.26 Å². The Labute approximate surface area is 96.9 Å². The van der Waals surface area contributed by atoms with E-state index < -0.39 is 11.6 Å². The quantitative estimate of drug-likeness (QED) is 0.732. The molecular weight excluding hydrogens is 227 g/mol. The van der Waals surface area contributed by atoms with Crippen molar-refractivity contribution >= 4 is 0 Å². The maximum Gasteiger partial charge on any atom is 0.394 e. The molecule has 0 atom stereocenters. The molecule has 0 saturated heterocycles. The molecule has 3 aliphatic carbocycles. The van der Waals surface area contributed by atoms with Gasteiger partial charge in [0.25, 0.3) is 0 Å². The van der Waals surface area contributed by atoms with Crippen molar-refractivity contribution in [3.05, 3.63) is 35.4 Å². The average Bonchev–Trinajstić information content (AvgIpc) is 2.12. The van der Waals surface area contributed by atoms with E-state index in [0.717, 1.165) is 5.56 Å². The lowest BCUT2D eigenvalue weighted by atomic mass is 9.33. The summed E-state index contributed by atoms with van der Waals surface area (Å²) >= 11 is 0. The van der Waals surface area contributed by atoms with Gasteiger partial charge in [0.1, 0.15) is 0 Å². The van der Waals surface area contributed by atoms with E-state index in [2.05, 4.69) is 6.07 Å². The normalized spacial score (nSPS) is 34.5. The number of halogens is 3. The van der Waals surface area contributed by atoms with Gasteiger partial charge in [-0.2, -0.15) is 18.4 Å². The van der Waals surface area contributed by atoms with Crippen LogP contribution in [-0.4, -0.2) is 6.18 Å². The molecule has 0 radical (unpaired) electrons. The van der Waals surface area contributed by atoms with Gasteiger partial charge >= 0.3 is 6.18 Å². The van der Waals surface area contributed by atoms with Gasteiger partial charge in [-0.15, -0.1) is 0 Å². The van der Waals surface area contributed by atoms with Gasteiger partial charge in [-0.05, 0) is 36.3 Å². The summed E-state index contributed by atoms with van der Waals surface area (Å²) in [5, 5.41) is 8.97. The lowest BCUT2D eigenvalue weighted by Crippen LogP contribution is -2.70. The zero-order valence-electron chi connectivity index (χ0n) is 9.01. The Balaban J connectivity index is 1.90. The topological polar surface area (TPSA) is 23.8 Å². The van der Waals surface area contributed by atoms with E-state index >= 15 is 0 Å². The first-order valence-electron chi connectivity index (χ1n) is 5.49. The molecule has 3 saturated carbocycles. The summed E-state index contributed by atoms with van der Waals surface area (Å²) in [4.78, 5) is 0. The predicted octanol–water partition coefficient (Wildman–Crippen LogP) is 3.54. The fourth-order valence-electron chi connectivity index (χ4n) is 3.42. The summed E-state index contributed by atoms with van der Waals surface area (Å²) < 4.78 is 38.2. The van der Waals surface area contributed by atoms with Gasteiger partial charge in [-0.3, -0.25) is 0 Å². The number of benzene rings is 1. The monoisotopic (exact) mass is 237 g/mol. The third kappa shape index (κ3) is 1.14. The first kappa shape index (κ1) is 10.6. The first-order valence-corrected chi connectivity index (χ1v) is 5.49. The molecule has 0 heterocycles. The minimum atomic E-state index is -4.09. The van der Waals surface area contributed by atoms with Crippen molar-refractivity contribution in [2.45, 2.75) is 30.9 Å². The van der Waals surface area contributed by atoms with Crippen molar-refractivity contribution in [2.75, 3.05) is 0 Å². The SMILES string of the molecule is N#Cc1ccccc1C12CC(C(F)(F)F)(C1)C2. The molecule has 0 aromatic heterocycles. The zero-order chi connectivity index (χ0) is 12.3. The van der Waals surface area contributed by atoms with Crippen LogP contribution >= 0.6 is 0 Å². The number of hydrogen-bond donors (Lipinski definition) is 0. The lowest BCUT2D eigenvalue weighted by molar-refractivity contribution is -0.337. The van der Waals surface area contributed by atoms with E-state index in [-0.39, 0.29) is 24.7 Å². The van der Waals surface area contributed by atoms with Crippen LogP contribution in [0.1, 0.15) is 30.4 Å². The van der Waals surface area contributed by atoms with Gasteiger partial charge in [-0.1, -0.05) is 18.2 Å². The molecule has 0 N–H and O–H groups in total. The molecule has 88 valence electrons. The summed E-state index contributed by atoms with van der Waals surface area (Å²) in [5.41, 5.74) is -0.506. The Morgan fingerprint density at radius 1 is 1.12 bits per heavy atom. The molecule has 3 fully saturated rings. The van der Waals surface area contributed by atoms with Gasteiger partial charge in [0, 0.05) is 0 Å². The summed E-state index contributed by atoms with van der Waals surface area (Å²) in [7, 11) is 0. The summed E-state index contributed by atoms with van der Waals surface area (Å²) in [6.07, 6.45) is -3.62. The maximum absolute atomic E-state index is 12.7. The van der Waals surface area contributed by atoms with Crippen molar-refractivity contribution in [3.8, 4) is 6.07 Å². The van der Waals surface area contributed by atoms with Crippen LogP contribution in [-0.2, 0) is 5.41 Å². The van der Waals surface area contributed by atoms with Crippen molar-refractivity contribution < 1.29 is 13.2 Å². The summed E-state index contributed by atoms with van der Waals surface area (Å²) in [6.45, 7) is 0. The van der Waals surface area contributed by atoms with Crippen LogP contribution in [0.4, 0.5) is 13.2 Å². The Morgan fingerprint density at radius 3 is 2.24 bits per heavy atom. The van der Waals surface area contributed by atoms with Crippen molar-refractivity contribution in [2.24, 2.45) is 5.41 Å². The van der Waals surface area contributed by atoms with E-state index in [4.69, 9.17) is 5.26 Å². The number of alkyl halides is 3. The fourth-order valence-corrected chi connectivity index (χ4v) is 3.42. The molecule has 17 heavy (non-hydrogen) atoms. The van der Waals surface area contributed by atoms with E-state index in [1.807, 2.05) is 0 Å². The fraction of sp³-hybridized carbons (Fsp3) is 0.462. The molecule has 4 heteroatoms. The van der Waals surface area contributed by atoms with E-state index in [0.29, 0.717) is 5.56 Å². The van der Waals surface area contributed by atoms with E-state index in [1.54, 1.807) is 24.3 Å². The molecule has 0 amide bonds. The molecule has 1 aromatic rings. The Kier molecular flexibility index (Phi) is 1.78. The minimum absolute atomic E-state index is 0.155. The predicted molar refractivity (Wildman–Crippen MR) is 55.2 cm³/mol. The van der Waals surface area contributed by atoms with E-state index in [1.165, 1.54) is 0 Å². The second-order valence-corrected chi connectivity index (χ2v) is 5.25. The molecule has 3 aliphatic rings. The number of rotatable bonds is 1. The van der Waals surface area contributed by atoms with Crippen molar-refractivity contribution in [3.63, 3.8) is 0 Å². The average molecular weight is 237 g/mol. The molecule has 1 nitrogen and oxygen atoms in total. The lowest BCUT2D eigenvalue weighted by Gasteiger charge is -2.71.